The lowest BCUT2D eigenvalue weighted by Gasteiger charge is -2.34. The van der Waals surface area contributed by atoms with Crippen molar-refractivity contribution in [2.75, 3.05) is 4.90 Å². The van der Waals surface area contributed by atoms with Crippen molar-refractivity contribution in [2.24, 2.45) is 22.1 Å². The Kier molecular flexibility index (Phi) is 5.76. The van der Waals surface area contributed by atoms with Crippen LogP contribution in [0.1, 0.15) is 19.4 Å². The first-order valence-corrected chi connectivity index (χ1v) is 11.4. The average Bonchev–Trinajstić information content (AvgIpc) is 3.49. The largest absolute Gasteiger partial charge is 0.422 e. The van der Waals surface area contributed by atoms with Gasteiger partial charge in [-0.3, -0.25) is 19.2 Å². The van der Waals surface area contributed by atoms with E-state index in [0.29, 0.717) is 17.1 Å². The molecule has 3 aliphatic heterocycles. The predicted molar refractivity (Wildman–Crippen MR) is 125 cm³/mol. The molecule has 184 valence electrons. The quantitative estimate of drug-likeness (QED) is 0.199. The third kappa shape index (κ3) is 3.89. The monoisotopic (exact) mass is 489 g/mol. The molecular formula is C26H23N3O7. The maximum absolute atomic E-state index is 13.6. The van der Waals surface area contributed by atoms with Crippen molar-refractivity contribution < 1.29 is 33.4 Å². The number of imide groups is 1. The van der Waals surface area contributed by atoms with E-state index < -0.39 is 53.6 Å². The van der Waals surface area contributed by atoms with Crippen LogP contribution in [0.25, 0.3) is 0 Å². The van der Waals surface area contributed by atoms with Gasteiger partial charge in [-0.15, -0.1) is 0 Å². The molecule has 2 aromatic rings. The Labute approximate surface area is 206 Å². The molecule has 10 heteroatoms. The summed E-state index contributed by atoms with van der Waals surface area (Å²) in [7, 11) is 0. The van der Waals surface area contributed by atoms with Crippen molar-refractivity contribution in [1.29, 1.82) is 0 Å². The zero-order valence-corrected chi connectivity index (χ0v) is 19.8. The molecule has 0 N–H and O–H groups in total. The molecule has 3 heterocycles. The van der Waals surface area contributed by atoms with Crippen LogP contribution in [-0.4, -0.2) is 41.7 Å². The highest BCUT2D eigenvalue weighted by Crippen LogP contribution is 2.54. The highest BCUT2D eigenvalue weighted by molar-refractivity contribution is 6.23. The van der Waals surface area contributed by atoms with E-state index in [0.717, 1.165) is 24.3 Å². The molecule has 2 saturated heterocycles. The van der Waals surface area contributed by atoms with Crippen LogP contribution in [0.15, 0.2) is 70.9 Å². The van der Waals surface area contributed by atoms with Crippen LogP contribution in [-0.2, 0) is 33.4 Å². The summed E-state index contributed by atoms with van der Waals surface area (Å²) in [6.45, 7) is 4.29. The molecule has 0 saturated carbocycles. The van der Waals surface area contributed by atoms with Crippen molar-refractivity contribution in [1.82, 2.24) is 0 Å². The normalized spacial score (nSPS) is 26.2. The fourth-order valence-electron chi connectivity index (χ4n) is 4.87. The second-order valence-corrected chi connectivity index (χ2v) is 8.91. The van der Waals surface area contributed by atoms with Crippen LogP contribution in [0, 0.1) is 18.8 Å². The minimum atomic E-state index is -1.59. The first-order valence-electron chi connectivity index (χ1n) is 11.4. The number of amides is 2. The van der Waals surface area contributed by atoms with Crippen molar-refractivity contribution >= 4 is 40.8 Å². The third-order valence-electron chi connectivity index (χ3n) is 6.41. The van der Waals surface area contributed by atoms with Crippen molar-refractivity contribution in [3.8, 4) is 0 Å². The van der Waals surface area contributed by atoms with Gasteiger partial charge >= 0.3 is 11.9 Å². The summed E-state index contributed by atoms with van der Waals surface area (Å²) in [6.07, 6.45) is 0.945. The Morgan fingerprint density at radius 2 is 1.47 bits per heavy atom. The Morgan fingerprint density at radius 3 is 2.03 bits per heavy atom. The molecule has 0 spiro atoms. The summed E-state index contributed by atoms with van der Waals surface area (Å²) in [6, 6.07) is 14.1. The average molecular weight is 489 g/mol. The van der Waals surface area contributed by atoms with E-state index in [4.69, 9.17) is 14.2 Å². The van der Waals surface area contributed by atoms with Gasteiger partial charge in [-0.2, -0.15) is 10.2 Å². The van der Waals surface area contributed by atoms with Crippen LogP contribution in [0.2, 0.25) is 0 Å². The maximum Gasteiger partial charge on any atom is 0.305 e. The SMILES string of the molecule is CC(=O)OC(OC(C)=O)[C@@]12C=C[C@@H](O1)[C@H]1C(=O)N(c3ccc(N=Nc4ccc(C)cc4)cc3)C(=O)[C@@H]12. The molecule has 0 aliphatic carbocycles. The summed E-state index contributed by atoms with van der Waals surface area (Å²) in [4.78, 5) is 51.4. The second kappa shape index (κ2) is 8.80. The number of hydrogen-bond donors (Lipinski definition) is 0. The lowest BCUT2D eigenvalue weighted by molar-refractivity contribution is -0.226. The van der Waals surface area contributed by atoms with Crippen molar-refractivity contribution in [3.63, 3.8) is 0 Å². The zero-order chi connectivity index (χ0) is 25.6. The standard InChI is InChI=1S/C26H23N3O7/c1-14-4-6-17(7-5-14)27-28-18-8-10-19(11-9-18)29-23(32)21-20-12-13-26(36-20,22(21)24(29)33)25(34-15(2)30)35-16(3)31/h4-13,20-22,25H,1-3H3/t20-,21-,22-,26+/m1/s1. The minimum Gasteiger partial charge on any atom is -0.422 e. The molecule has 36 heavy (non-hydrogen) atoms. The van der Waals surface area contributed by atoms with E-state index in [-0.39, 0.29) is 0 Å². The number of carbonyl (C=O) groups is 4. The molecule has 0 radical (unpaired) electrons. The number of azo groups is 1. The Morgan fingerprint density at radius 1 is 0.917 bits per heavy atom. The smallest absolute Gasteiger partial charge is 0.305 e. The summed E-state index contributed by atoms with van der Waals surface area (Å²) in [5.74, 6) is -4.27. The first-order chi connectivity index (χ1) is 17.2. The number of rotatable bonds is 6. The number of ether oxygens (including phenoxy) is 3. The van der Waals surface area contributed by atoms with Gasteiger partial charge in [0, 0.05) is 13.8 Å². The molecular weight excluding hydrogens is 466 g/mol. The number of anilines is 1. The van der Waals surface area contributed by atoms with Crippen molar-refractivity contribution in [3.05, 3.63) is 66.2 Å². The highest BCUT2D eigenvalue weighted by Gasteiger charge is 2.72. The third-order valence-corrected chi connectivity index (χ3v) is 6.41. The van der Waals surface area contributed by atoms with Crippen LogP contribution in [0.3, 0.4) is 0 Å². The maximum atomic E-state index is 13.6. The van der Waals surface area contributed by atoms with Gasteiger partial charge in [0.2, 0.25) is 11.8 Å². The molecule has 0 unspecified atom stereocenters. The summed E-state index contributed by atoms with van der Waals surface area (Å²) >= 11 is 0. The molecule has 4 atom stereocenters. The van der Waals surface area contributed by atoms with Gasteiger partial charge in [-0.1, -0.05) is 23.8 Å². The van der Waals surface area contributed by atoms with Crippen LogP contribution in [0.4, 0.5) is 17.1 Å². The van der Waals surface area contributed by atoms with Crippen LogP contribution in [0.5, 0.6) is 0 Å². The van der Waals surface area contributed by atoms with E-state index in [1.54, 1.807) is 36.4 Å². The van der Waals surface area contributed by atoms with Gasteiger partial charge in [-0.25, -0.2) is 4.90 Å². The molecule has 0 aromatic heterocycles. The lowest BCUT2D eigenvalue weighted by atomic mass is 9.76. The lowest BCUT2D eigenvalue weighted by Crippen LogP contribution is -2.52. The molecule has 2 bridgehead atoms. The van der Waals surface area contributed by atoms with E-state index in [1.807, 2.05) is 31.2 Å². The van der Waals surface area contributed by atoms with Crippen molar-refractivity contribution in [2.45, 2.75) is 38.8 Å². The van der Waals surface area contributed by atoms with Gasteiger partial charge in [-0.05, 0) is 49.4 Å². The van der Waals surface area contributed by atoms with E-state index in [9.17, 15) is 19.2 Å². The fourth-order valence-corrected chi connectivity index (χ4v) is 4.87. The Hall–Kier alpha value is -4.18. The number of fused-ring (bicyclic) bond motifs is 5. The fraction of sp³-hybridized carbons (Fsp3) is 0.308. The minimum absolute atomic E-state index is 0.361. The predicted octanol–water partition coefficient (Wildman–Crippen LogP) is 3.68. The summed E-state index contributed by atoms with van der Waals surface area (Å²) in [5, 5.41) is 8.40. The Bertz CT molecular complexity index is 1290. The summed E-state index contributed by atoms with van der Waals surface area (Å²) < 4.78 is 16.4. The molecule has 5 rings (SSSR count). The van der Waals surface area contributed by atoms with E-state index >= 15 is 0 Å². The van der Waals surface area contributed by atoms with Crippen LogP contribution >= 0.6 is 0 Å². The molecule has 3 aliphatic rings. The zero-order valence-electron chi connectivity index (χ0n) is 19.8. The molecule has 10 nitrogen and oxygen atoms in total. The van der Waals surface area contributed by atoms with Gasteiger partial charge in [0.1, 0.15) is 0 Å². The number of esters is 2. The highest BCUT2D eigenvalue weighted by atomic mass is 16.7. The molecule has 2 amide bonds. The van der Waals surface area contributed by atoms with Gasteiger partial charge in [0.05, 0.1) is 35.0 Å². The number of hydrogen-bond acceptors (Lipinski definition) is 9. The topological polar surface area (TPSA) is 124 Å². The van der Waals surface area contributed by atoms with Gasteiger partial charge in [0.25, 0.3) is 6.29 Å². The number of benzene rings is 2. The van der Waals surface area contributed by atoms with E-state index in [1.165, 1.54) is 0 Å². The van der Waals surface area contributed by atoms with E-state index in [2.05, 4.69) is 10.2 Å². The number of aryl methyl sites for hydroxylation is 1. The number of carbonyl (C=O) groups excluding carboxylic acids is 4. The van der Waals surface area contributed by atoms with Gasteiger partial charge in [0.15, 0.2) is 5.60 Å². The second-order valence-electron chi connectivity index (χ2n) is 8.91. The molecule has 2 aromatic carbocycles. The van der Waals surface area contributed by atoms with Gasteiger partial charge < -0.3 is 14.2 Å². The number of nitrogens with zero attached hydrogens (tertiary/aromatic N) is 3. The first kappa shape index (κ1) is 23.6. The van der Waals surface area contributed by atoms with Crippen LogP contribution < -0.4 is 4.90 Å². The summed E-state index contributed by atoms with van der Waals surface area (Å²) in [5.41, 5.74) is 1.14. The Balaban J connectivity index is 1.40. The molecule has 2 fully saturated rings.